The fourth-order valence-electron chi connectivity index (χ4n) is 3.84. The zero-order chi connectivity index (χ0) is 14.9. The van der Waals surface area contributed by atoms with Crippen LogP contribution < -0.4 is 10.1 Å². The predicted molar refractivity (Wildman–Crippen MR) is 84.7 cm³/mol. The monoisotopic (exact) mass is 289 g/mol. The Hall–Kier alpha value is -1.06. The van der Waals surface area contributed by atoms with Gasteiger partial charge in [-0.15, -0.1) is 0 Å². The molecule has 1 N–H and O–H groups in total. The molecule has 1 aromatic carbocycles. The highest BCUT2D eigenvalue weighted by Gasteiger charge is 2.48. The molecule has 1 spiro atoms. The summed E-state index contributed by atoms with van der Waals surface area (Å²) in [5, 5.41) is 3.68. The number of ether oxygens (including phenoxy) is 2. The van der Waals surface area contributed by atoms with E-state index in [9.17, 15) is 0 Å². The average molecular weight is 289 g/mol. The number of hydrogen-bond donors (Lipinski definition) is 1. The topological polar surface area (TPSA) is 30.5 Å². The van der Waals surface area contributed by atoms with Crippen molar-refractivity contribution in [3.8, 4) is 5.75 Å². The van der Waals surface area contributed by atoms with E-state index in [0.29, 0.717) is 6.04 Å². The van der Waals surface area contributed by atoms with Gasteiger partial charge in [-0.3, -0.25) is 0 Å². The van der Waals surface area contributed by atoms with Gasteiger partial charge in [0.1, 0.15) is 17.0 Å². The summed E-state index contributed by atoms with van der Waals surface area (Å²) in [6.45, 7) is 8.46. The Morgan fingerprint density at radius 3 is 2.90 bits per heavy atom. The number of rotatable bonds is 3. The van der Waals surface area contributed by atoms with Crippen molar-refractivity contribution in [3.63, 3.8) is 0 Å². The van der Waals surface area contributed by atoms with E-state index in [2.05, 4.69) is 44.3 Å². The lowest BCUT2D eigenvalue weighted by Crippen LogP contribution is -2.52. The molecule has 0 saturated carbocycles. The van der Waals surface area contributed by atoms with E-state index in [1.165, 1.54) is 12.0 Å². The number of para-hydroxylation sites is 1. The van der Waals surface area contributed by atoms with Gasteiger partial charge in [0.25, 0.3) is 0 Å². The molecule has 0 radical (unpaired) electrons. The molecule has 2 aliphatic heterocycles. The number of hydrogen-bond acceptors (Lipinski definition) is 3. The van der Waals surface area contributed by atoms with Crippen molar-refractivity contribution in [2.45, 2.75) is 63.7 Å². The van der Waals surface area contributed by atoms with Gasteiger partial charge in [0.15, 0.2) is 0 Å². The summed E-state index contributed by atoms with van der Waals surface area (Å²) in [5.74, 6) is 0.991. The molecule has 1 saturated heterocycles. The van der Waals surface area contributed by atoms with Gasteiger partial charge in [-0.1, -0.05) is 25.1 Å². The van der Waals surface area contributed by atoms with Crippen molar-refractivity contribution in [2.24, 2.45) is 0 Å². The summed E-state index contributed by atoms with van der Waals surface area (Å²) in [5.41, 5.74) is 0.857. The summed E-state index contributed by atoms with van der Waals surface area (Å²) >= 11 is 0. The van der Waals surface area contributed by atoms with Crippen LogP contribution in [0.5, 0.6) is 5.75 Å². The second kappa shape index (κ2) is 5.62. The lowest BCUT2D eigenvalue weighted by Gasteiger charge is -2.49. The summed E-state index contributed by atoms with van der Waals surface area (Å²) in [6, 6.07) is 8.93. The minimum absolute atomic E-state index is 0.180. The van der Waals surface area contributed by atoms with Crippen molar-refractivity contribution in [2.75, 3.05) is 13.2 Å². The number of nitrogens with one attached hydrogen (secondary N) is 1. The standard InChI is InChI=1S/C18H27NO2/c1-4-10-19-14-9-11-20-18(12-14)13-17(2,3)21-16-8-6-5-7-15(16)18/h5-8,14,19H,4,9-13H2,1-3H3. The van der Waals surface area contributed by atoms with Gasteiger partial charge in [-0.25, -0.2) is 0 Å². The first-order chi connectivity index (χ1) is 10.0. The van der Waals surface area contributed by atoms with Gasteiger partial charge >= 0.3 is 0 Å². The second-order valence-corrected chi connectivity index (χ2v) is 7.02. The molecule has 116 valence electrons. The third kappa shape index (κ3) is 2.95. The summed E-state index contributed by atoms with van der Waals surface area (Å²) in [4.78, 5) is 0. The highest BCUT2D eigenvalue weighted by Crippen LogP contribution is 2.49. The van der Waals surface area contributed by atoms with Gasteiger partial charge in [0, 0.05) is 24.6 Å². The number of benzene rings is 1. The highest BCUT2D eigenvalue weighted by atomic mass is 16.5. The van der Waals surface area contributed by atoms with E-state index in [-0.39, 0.29) is 11.2 Å². The Morgan fingerprint density at radius 2 is 2.10 bits per heavy atom. The van der Waals surface area contributed by atoms with E-state index >= 15 is 0 Å². The molecule has 0 aliphatic carbocycles. The zero-order valence-corrected chi connectivity index (χ0v) is 13.4. The van der Waals surface area contributed by atoms with Crippen LogP contribution in [-0.2, 0) is 10.3 Å². The third-order valence-corrected chi connectivity index (χ3v) is 4.58. The Labute approximate surface area is 128 Å². The molecule has 1 aromatic rings. The zero-order valence-electron chi connectivity index (χ0n) is 13.4. The van der Waals surface area contributed by atoms with Crippen LogP contribution in [-0.4, -0.2) is 24.8 Å². The molecule has 1 fully saturated rings. The van der Waals surface area contributed by atoms with Crippen molar-refractivity contribution >= 4 is 0 Å². The second-order valence-electron chi connectivity index (χ2n) is 7.02. The molecule has 2 aliphatic rings. The van der Waals surface area contributed by atoms with Crippen LogP contribution in [0.3, 0.4) is 0 Å². The van der Waals surface area contributed by atoms with Gasteiger partial charge in [0.2, 0.25) is 0 Å². The van der Waals surface area contributed by atoms with Gasteiger partial charge in [0.05, 0.1) is 0 Å². The molecule has 0 bridgehead atoms. The first kappa shape index (κ1) is 14.9. The maximum Gasteiger partial charge on any atom is 0.126 e. The van der Waals surface area contributed by atoms with Crippen LogP contribution in [0.1, 0.15) is 52.0 Å². The largest absolute Gasteiger partial charge is 0.487 e. The molecule has 3 rings (SSSR count). The van der Waals surface area contributed by atoms with E-state index in [4.69, 9.17) is 9.47 Å². The molecule has 3 nitrogen and oxygen atoms in total. The summed E-state index contributed by atoms with van der Waals surface area (Å²) in [7, 11) is 0. The molecule has 0 amide bonds. The maximum absolute atomic E-state index is 6.36. The van der Waals surface area contributed by atoms with Crippen LogP contribution >= 0.6 is 0 Å². The smallest absolute Gasteiger partial charge is 0.126 e. The first-order valence-electron chi connectivity index (χ1n) is 8.20. The van der Waals surface area contributed by atoms with E-state index in [1.54, 1.807) is 0 Å². The van der Waals surface area contributed by atoms with Crippen molar-refractivity contribution in [1.82, 2.24) is 5.32 Å². The third-order valence-electron chi connectivity index (χ3n) is 4.58. The van der Waals surface area contributed by atoms with Gasteiger partial charge < -0.3 is 14.8 Å². The van der Waals surface area contributed by atoms with Crippen LogP contribution in [0, 0.1) is 0 Å². The Kier molecular flexibility index (Phi) is 3.98. The lowest BCUT2D eigenvalue weighted by atomic mass is 9.75. The van der Waals surface area contributed by atoms with Crippen LogP contribution in [0.4, 0.5) is 0 Å². The fourth-order valence-corrected chi connectivity index (χ4v) is 3.84. The molecule has 0 aromatic heterocycles. The minimum atomic E-state index is -0.192. The van der Waals surface area contributed by atoms with E-state index in [0.717, 1.165) is 38.2 Å². The fraction of sp³-hybridized carbons (Fsp3) is 0.667. The lowest BCUT2D eigenvalue weighted by molar-refractivity contribution is -0.142. The Morgan fingerprint density at radius 1 is 1.29 bits per heavy atom. The molecular weight excluding hydrogens is 262 g/mol. The normalized spacial score (nSPS) is 30.7. The Balaban J connectivity index is 1.91. The summed E-state index contributed by atoms with van der Waals surface area (Å²) < 4.78 is 12.5. The molecule has 21 heavy (non-hydrogen) atoms. The SMILES string of the molecule is CCCNC1CCOC2(C1)CC(C)(C)Oc1ccccc12. The quantitative estimate of drug-likeness (QED) is 0.922. The highest BCUT2D eigenvalue weighted by molar-refractivity contribution is 5.41. The number of fused-ring (bicyclic) bond motifs is 2. The molecule has 2 atom stereocenters. The molecule has 3 heteroatoms. The predicted octanol–water partition coefficient (Wildman–Crippen LogP) is 3.62. The van der Waals surface area contributed by atoms with Gasteiger partial charge in [-0.2, -0.15) is 0 Å². The maximum atomic E-state index is 6.36. The Bertz CT molecular complexity index is 500. The van der Waals surface area contributed by atoms with Crippen LogP contribution in [0.25, 0.3) is 0 Å². The van der Waals surface area contributed by atoms with Gasteiger partial charge in [-0.05, 0) is 45.7 Å². The van der Waals surface area contributed by atoms with Crippen molar-refractivity contribution in [3.05, 3.63) is 29.8 Å². The molecular formula is C18H27NO2. The van der Waals surface area contributed by atoms with Crippen molar-refractivity contribution < 1.29 is 9.47 Å². The molecule has 2 unspecified atom stereocenters. The van der Waals surface area contributed by atoms with Crippen LogP contribution in [0.15, 0.2) is 24.3 Å². The minimum Gasteiger partial charge on any atom is -0.487 e. The average Bonchev–Trinajstić information content (AvgIpc) is 2.44. The van der Waals surface area contributed by atoms with E-state index < -0.39 is 0 Å². The first-order valence-corrected chi connectivity index (χ1v) is 8.20. The van der Waals surface area contributed by atoms with Crippen molar-refractivity contribution in [1.29, 1.82) is 0 Å². The summed E-state index contributed by atoms with van der Waals surface area (Å²) in [6.07, 6.45) is 4.23. The van der Waals surface area contributed by atoms with Crippen LogP contribution in [0.2, 0.25) is 0 Å². The van der Waals surface area contributed by atoms with E-state index in [1.807, 2.05) is 6.07 Å². The molecule has 2 heterocycles.